The summed E-state index contributed by atoms with van der Waals surface area (Å²) in [4.78, 5) is 13.3. The molecule has 0 bridgehead atoms. The Balaban J connectivity index is 0.000000884. The summed E-state index contributed by atoms with van der Waals surface area (Å²) in [6.07, 6.45) is 11.0. The zero-order chi connectivity index (χ0) is 27.8. The van der Waals surface area contributed by atoms with Gasteiger partial charge in [0.25, 0.3) is 0 Å². The van der Waals surface area contributed by atoms with Gasteiger partial charge in [0.2, 0.25) is 0 Å². The Morgan fingerprint density at radius 1 is 0.610 bits per heavy atom. The highest BCUT2D eigenvalue weighted by atomic mass is 32.1. The molecule has 5 aromatic heterocycles. The molecule has 0 saturated carbocycles. The van der Waals surface area contributed by atoms with Crippen molar-refractivity contribution in [2.75, 3.05) is 0 Å². The van der Waals surface area contributed by atoms with Gasteiger partial charge >= 0.3 is 0 Å². The normalized spacial score (nSPS) is 11.1. The molecule has 0 aliphatic heterocycles. The van der Waals surface area contributed by atoms with Crippen LogP contribution >= 0.6 is 11.3 Å². The van der Waals surface area contributed by atoms with Crippen LogP contribution in [-0.4, -0.2) is 19.5 Å². The van der Waals surface area contributed by atoms with Crippen LogP contribution in [0.1, 0.15) is 6.92 Å². The summed E-state index contributed by atoms with van der Waals surface area (Å²) in [5, 5.41) is 3.74. The van der Waals surface area contributed by atoms with E-state index in [1.807, 2.05) is 55.3 Å². The maximum atomic E-state index is 4.85. The van der Waals surface area contributed by atoms with Gasteiger partial charge in [-0.05, 0) is 102 Å². The Kier molecular flexibility index (Phi) is 6.34. The summed E-state index contributed by atoms with van der Waals surface area (Å²) in [6, 6.07) is 32.5. The molecule has 8 aromatic rings. The monoisotopic (exact) mass is 546 g/mol. The molecule has 0 N–H and O–H groups in total. The number of fused-ring (bicyclic) bond motifs is 6. The first-order valence-electron chi connectivity index (χ1n) is 13.5. The molecule has 196 valence electrons. The first-order chi connectivity index (χ1) is 20.2. The molecule has 3 aromatic carbocycles. The highest BCUT2D eigenvalue weighted by molar-refractivity contribution is 7.25. The average molecular weight is 547 g/mol. The number of nitrogens with zero attached hydrogens (tertiary/aromatic N) is 4. The van der Waals surface area contributed by atoms with Crippen molar-refractivity contribution in [3.63, 3.8) is 0 Å². The van der Waals surface area contributed by atoms with E-state index in [9.17, 15) is 0 Å². The zero-order valence-corrected chi connectivity index (χ0v) is 23.3. The molecule has 0 spiro atoms. The number of hydrogen-bond acceptors (Lipinski definition) is 4. The summed E-state index contributed by atoms with van der Waals surface area (Å²) in [7, 11) is 0. The van der Waals surface area contributed by atoms with Crippen LogP contribution < -0.4 is 0 Å². The minimum atomic E-state index is 1.01. The highest BCUT2D eigenvalue weighted by Crippen LogP contribution is 2.41. The lowest BCUT2D eigenvalue weighted by Crippen LogP contribution is -1.96. The molecular weight excluding hydrogens is 520 g/mol. The van der Waals surface area contributed by atoms with Crippen molar-refractivity contribution in [3.8, 4) is 27.9 Å². The van der Waals surface area contributed by atoms with E-state index in [1.165, 1.54) is 20.2 Å². The Bertz CT molecular complexity index is 2120. The Hall–Kier alpha value is -5.13. The quantitative estimate of drug-likeness (QED) is 0.207. The third-order valence-electron chi connectivity index (χ3n) is 7.22. The van der Waals surface area contributed by atoms with Gasteiger partial charge in [-0.25, -0.2) is 0 Å². The number of hydrogen-bond donors (Lipinski definition) is 0. The first-order valence-corrected chi connectivity index (χ1v) is 14.3. The Morgan fingerprint density at radius 3 is 1.95 bits per heavy atom. The van der Waals surface area contributed by atoms with E-state index in [1.54, 1.807) is 6.08 Å². The molecule has 0 fully saturated rings. The molecular formula is C36H26N4S. The molecule has 0 atom stereocenters. The number of thiophene rings is 1. The molecule has 8 rings (SSSR count). The van der Waals surface area contributed by atoms with Crippen molar-refractivity contribution in [1.82, 2.24) is 19.5 Å². The average Bonchev–Trinajstić information content (AvgIpc) is 3.56. The molecule has 0 unspecified atom stereocenters. The van der Waals surface area contributed by atoms with E-state index < -0.39 is 0 Å². The first kappa shape index (κ1) is 24.9. The number of rotatable bonds is 3. The molecule has 41 heavy (non-hydrogen) atoms. The lowest BCUT2D eigenvalue weighted by atomic mass is 9.99. The molecule has 5 heterocycles. The van der Waals surface area contributed by atoms with Gasteiger partial charge in [0.1, 0.15) is 0 Å². The van der Waals surface area contributed by atoms with Gasteiger partial charge in [0, 0.05) is 62.2 Å². The summed E-state index contributed by atoms with van der Waals surface area (Å²) < 4.78 is 4.94. The van der Waals surface area contributed by atoms with Gasteiger partial charge in [0.15, 0.2) is 0 Å². The van der Waals surface area contributed by atoms with E-state index in [-0.39, 0.29) is 0 Å². The van der Waals surface area contributed by atoms with Crippen LogP contribution in [0.15, 0.2) is 135 Å². The van der Waals surface area contributed by atoms with Crippen LogP contribution in [0.3, 0.4) is 0 Å². The van der Waals surface area contributed by atoms with Crippen LogP contribution in [0, 0.1) is 0 Å². The second-order valence-electron chi connectivity index (χ2n) is 9.82. The van der Waals surface area contributed by atoms with Gasteiger partial charge in [-0.1, -0.05) is 24.3 Å². The topological polar surface area (TPSA) is 43.6 Å². The fraction of sp³-hybridized carbons (Fsp3) is 0.0278. The smallest absolute Gasteiger partial charge is 0.0963 e. The highest BCUT2D eigenvalue weighted by Gasteiger charge is 2.17. The van der Waals surface area contributed by atoms with Gasteiger partial charge in [-0.3, -0.25) is 15.0 Å². The predicted octanol–water partition coefficient (Wildman–Crippen LogP) is 9.86. The van der Waals surface area contributed by atoms with Gasteiger partial charge < -0.3 is 4.57 Å². The van der Waals surface area contributed by atoms with Crippen molar-refractivity contribution >= 4 is 53.4 Å². The molecule has 4 nitrogen and oxygen atoms in total. The standard InChI is InChI=1S/C33H20N4S.C3H6/c1-2-6-31-26(4-1)27-19-28-30(20-32(27)38-31)37(29-5-3-11-36-33(28)29)25-17-23(21-7-12-34-13-8-21)16-24(18-25)22-9-14-35-15-10-22;1-3-2/h1-20H;3H,1H2,2H3. The molecule has 0 aliphatic rings. The number of pyridine rings is 3. The van der Waals surface area contributed by atoms with E-state index >= 15 is 0 Å². The Morgan fingerprint density at radius 2 is 1.27 bits per heavy atom. The number of aromatic nitrogens is 4. The maximum absolute atomic E-state index is 4.85. The third kappa shape index (κ3) is 4.37. The third-order valence-corrected chi connectivity index (χ3v) is 8.36. The van der Waals surface area contributed by atoms with E-state index in [4.69, 9.17) is 4.98 Å². The van der Waals surface area contributed by atoms with Crippen LogP contribution in [-0.2, 0) is 0 Å². The molecule has 0 amide bonds. The minimum absolute atomic E-state index is 1.01. The Labute approximate surface area is 241 Å². The molecule has 0 aliphatic carbocycles. The largest absolute Gasteiger partial charge is 0.308 e. The SMILES string of the molecule is C=CC.c1ccc2c(c1)sc1cc3c(cc12)c1ncccc1n3-c1cc(-c2ccncc2)cc(-c2ccncc2)c1. The fourth-order valence-electron chi connectivity index (χ4n) is 5.49. The van der Waals surface area contributed by atoms with Crippen molar-refractivity contribution in [1.29, 1.82) is 0 Å². The zero-order valence-electron chi connectivity index (χ0n) is 22.5. The van der Waals surface area contributed by atoms with Crippen LogP contribution in [0.2, 0.25) is 0 Å². The van der Waals surface area contributed by atoms with Crippen LogP contribution in [0.4, 0.5) is 0 Å². The van der Waals surface area contributed by atoms with Gasteiger partial charge in [-0.2, -0.15) is 0 Å². The maximum Gasteiger partial charge on any atom is 0.0963 e. The van der Waals surface area contributed by atoms with Crippen molar-refractivity contribution in [2.45, 2.75) is 6.92 Å². The summed E-state index contributed by atoms with van der Waals surface area (Å²) in [5.41, 5.74) is 8.89. The molecule has 5 heteroatoms. The van der Waals surface area contributed by atoms with E-state index in [2.05, 4.69) is 106 Å². The van der Waals surface area contributed by atoms with E-state index in [0.717, 1.165) is 49.9 Å². The summed E-state index contributed by atoms with van der Waals surface area (Å²) in [5.74, 6) is 0. The molecule has 0 saturated heterocycles. The summed E-state index contributed by atoms with van der Waals surface area (Å²) in [6.45, 7) is 5.25. The van der Waals surface area contributed by atoms with Gasteiger partial charge in [0.05, 0.1) is 16.6 Å². The van der Waals surface area contributed by atoms with E-state index in [0.29, 0.717) is 0 Å². The minimum Gasteiger partial charge on any atom is -0.308 e. The predicted molar refractivity (Wildman–Crippen MR) is 174 cm³/mol. The molecule has 0 radical (unpaired) electrons. The second kappa shape index (κ2) is 10.5. The fourth-order valence-corrected chi connectivity index (χ4v) is 6.61. The van der Waals surface area contributed by atoms with Crippen LogP contribution in [0.5, 0.6) is 0 Å². The lowest BCUT2D eigenvalue weighted by molar-refractivity contribution is 1.18. The summed E-state index contributed by atoms with van der Waals surface area (Å²) >= 11 is 1.84. The van der Waals surface area contributed by atoms with Gasteiger partial charge in [-0.15, -0.1) is 17.9 Å². The number of allylic oxidation sites excluding steroid dienone is 1. The number of benzene rings is 3. The van der Waals surface area contributed by atoms with Crippen molar-refractivity contribution < 1.29 is 0 Å². The van der Waals surface area contributed by atoms with Crippen molar-refractivity contribution in [2.24, 2.45) is 0 Å². The van der Waals surface area contributed by atoms with Crippen molar-refractivity contribution in [3.05, 3.63) is 135 Å². The second-order valence-corrected chi connectivity index (χ2v) is 10.9. The lowest BCUT2D eigenvalue weighted by Gasteiger charge is -2.14. The van der Waals surface area contributed by atoms with Crippen LogP contribution in [0.25, 0.3) is 70.0 Å².